The van der Waals surface area contributed by atoms with E-state index in [1.807, 2.05) is 6.92 Å². The van der Waals surface area contributed by atoms with Crippen LogP contribution >= 0.6 is 23.2 Å². The number of ether oxygens (including phenoxy) is 2. The molecular weight excluding hydrogens is 463 g/mol. The lowest BCUT2D eigenvalue weighted by atomic mass is 10.1. The van der Waals surface area contributed by atoms with Gasteiger partial charge in [-0.05, 0) is 55.0 Å². The third-order valence-electron chi connectivity index (χ3n) is 4.18. The average molecular weight is 479 g/mol. The monoisotopic (exact) mass is 478 g/mol. The molecule has 1 fully saturated rings. The number of barbiturate groups is 1. The summed E-state index contributed by atoms with van der Waals surface area (Å²) in [6, 6.07) is 8.00. The number of imide groups is 2. The molecule has 32 heavy (non-hydrogen) atoms. The van der Waals surface area contributed by atoms with Crippen LogP contribution in [0, 0.1) is 0 Å². The van der Waals surface area contributed by atoms with Gasteiger partial charge < -0.3 is 14.6 Å². The van der Waals surface area contributed by atoms with E-state index in [0.717, 1.165) is 4.90 Å². The van der Waals surface area contributed by atoms with Crippen LogP contribution in [-0.2, 0) is 14.4 Å². The van der Waals surface area contributed by atoms with Crippen LogP contribution in [0.3, 0.4) is 0 Å². The van der Waals surface area contributed by atoms with Gasteiger partial charge in [-0.3, -0.25) is 14.9 Å². The third-order valence-corrected chi connectivity index (χ3v) is 4.74. The molecule has 2 aromatic carbocycles. The number of aliphatic carboxylic acids is 1. The Kier molecular flexibility index (Phi) is 7.01. The molecule has 1 aliphatic heterocycles. The molecule has 0 spiro atoms. The molecule has 0 aromatic heterocycles. The van der Waals surface area contributed by atoms with Crippen molar-refractivity contribution in [3.05, 3.63) is 57.6 Å². The normalized spacial score (nSPS) is 15.0. The van der Waals surface area contributed by atoms with Crippen molar-refractivity contribution in [3.63, 3.8) is 0 Å². The first-order valence-corrected chi connectivity index (χ1v) is 9.94. The number of hydrogen-bond acceptors (Lipinski definition) is 6. The van der Waals surface area contributed by atoms with Gasteiger partial charge in [0, 0.05) is 0 Å². The van der Waals surface area contributed by atoms with Crippen LogP contribution in [0.25, 0.3) is 6.08 Å². The van der Waals surface area contributed by atoms with E-state index >= 15 is 0 Å². The maximum Gasteiger partial charge on any atom is 0.341 e. The molecule has 1 aliphatic rings. The summed E-state index contributed by atoms with van der Waals surface area (Å²) in [5.74, 6) is -2.44. The predicted molar refractivity (Wildman–Crippen MR) is 116 cm³/mol. The van der Waals surface area contributed by atoms with E-state index in [2.05, 4.69) is 5.32 Å². The Balaban J connectivity index is 1.93. The first-order valence-electron chi connectivity index (χ1n) is 9.19. The van der Waals surface area contributed by atoms with E-state index in [1.165, 1.54) is 30.3 Å². The molecule has 1 heterocycles. The number of carboxylic acid groups (broad SMARTS) is 1. The lowest BCUT2D eigenvalue weighted by molar-refractivity contribution is -0.139. The largest absolute Gasteiger partial charge is 0.494 e. The van der Waals surface area contributed by atoms with Gasteiger partial charge in [0.2, 0.25) is 0 Å². The van der Waals surface area contributed by atoms with Gasteiger partial charge in [0.1, 0.15) is 11.3 Å². The Hall–Kier alpha value is -3.56. The highest BCUT2D eigenvalue weighted by molar-refractivity contribution is 6.40. The van der Waals surface area contributed by atoms with Crippen LogP contribution in [-0.4, -0.2) is 42.1 Å². The van der Waals surface area contributed by atoms with Gasteiger partial charge in [-0.15, -0.1) is 0 Å². The molecule has 0 bridgehead atoms. The molecule has 166 valence electrons. The van der Waals surface area contributed by atoms with Crippen LogP contribution in [0.1, 0.15) is 12.5 Å². The summed E-state index contributed by atoms with van der Waals surface area (Å²) in [6.45, 7) is 1.62. The number of carboxylic acids is 1. The van der Waals surface area contributed by atoms with Crippen LogP contribution in [0.5, 0.6) is 11.5 Å². The molecule has 0 radical (unpaired) electrons. The zero-order valence-corrected chi connectivity index (χ0v) is 18.1. The van der Waals surface area contributed by atoms with E-state index in [1.54, 1.807) is 12.1 Å². The number of urea groups is 1. The van der Waals surface area contributed by atoms with Gasteiger partial charge >= 0.3 is 12.0 Å². The van der Waals surface area contributed by atoms with Gasteiger partial charge in [-0.25, -0.2) is 14.5 Å². The topological polar surface area (TPSA) is 122 Å². The summed E-state index contributed by atoms with van der Waals surface area (Å²) >= 11 is 12.2. The van der Waals surface area contributed by atoms with E-state index in [-0.39, 0.29) is 32.6 Å². The smallest absolute Gasteiger partial charge is 0.341 e. The minimum Gasteiger partial charge on any atom is -0.494 e. The summed E-state index contributed by atoms with van der Waals surface area (Å²) in [5.41, 5.74) is 0.176. The quantitative estimate of drug-likeness (QED) is 0.460. The molecule has 9 nitrogen and oxygen atoms in total. The second-order valence-corrected chi connectivity index (χ2v) is 7.20. The van der Waals surface area contributed by atoms with Crippen molar-refractivity contribution in [2.45, 2.75) is 6.92 Å². The summed E-state index contributed by atoms with van der Waals surface area (Å²) in [5, 5.41) is 10.8. The molecule has 0 unspecified atom stereocenters. The van der Waals surface area contributed by atoms with E-state index in [4.69, 9.17) is 37.8 Å². The second kappa shape index (κ2) is 9.71. The fraction of sp³-hybridized carbons (Fsp3) is 0.143. The van der Waals surface area contributed by atoms with Gasteiger partial charge in [-0.2, -0.15) is 0 Å². The Morgan fingerprint density at radius 2 is 1.72 bits per heavy atom. The fourth-order valence-corrected chi connectivity index (χ4v) is 3.46. The number of halogens is 2. The van der Waals surface area contributed by atoms with Crippen molar-refractivity contribution in [1.82, 2.24) is 5.32 Å². The number of rotatable bonds is 7. The first kappa shape index (κ1) is 23.1. The molecule has 1 saturated heterocycles. The molecule has 11 heteroatoms. The maximum absolute atomic E-state index is 13.0. The Labute approximate surface area is 192 Å². The molecular formula is C21H16Cl2N2O7. The maximum atomic E-state index is 13.0. The SMILES string of the molecule is CCOc1ccc(N2C(=O)NC(=O)/C(=C\c3cc(Cl)c(OCC(=O)O)c(Cl)c3)C2=O)cc1. The number of anilines is 1. The zero-order valence-electron chi connectivity index (χ0n) is 16.6. The number of hydrogen-bond donors (Lipinski definition) is 2. The minimum atomic E-state index is -1.22. The molecule has 3 rings (SSSR count). The first-order chi connectivity index (χ1) is 15.2. The van der Waals surface area contributed by atoms with Crippen molar-refractivity contribution in [1.29, 1.82) is 0 Å². The summed E-state index contributed by atoms with van der Waals surface area (Å²) in [6.07, 6.45) is 1.21. The highest BCUT2D eigenvalue weighted by Crippen LogP contribution is 2.35. The van der Waals surface area contributed by atoms with Crippen molar-refractivity contribution in [3.8, 4) is 11.5 Å². The zero-order chi connectivity index (χ0) is 23.4. The molecule has 4 amide bonds. The summed E-state index contributed by atoms with van der Waals surface area (Å²) < 4.78 is 10.4. The number of nitrogens with zero attached hydrogens (tertiary/aromatic N) is 1. The van der Waals surface area contributed by atoms with Crippen LogP contribution in [0.15, 0.2) is 42.0 Å². The fourth-order valence-electron chi connectivity index (χ4n) is 2.85. The predicted octanol–water partition coefficient (Wildman–Crippen LogP) is 3.52. The van der Waals surface area contributed by atoms with Crippen molar-refractivity contribution >= 4 is 58.8 Å². The van der Waals surface area contributed by atoms with E-state index in [0.29, 0.717) is 12.4 Å². The molecule has 2 aromatic rings. The van der Waals surface area contributed by atoms with Crippen molar-refractivity contribution in [2.75, 3.05) is 18.1 Å². The van der Waals surface area contributed by atoms with E-state index < -0.39 is 30.4 Å². The Bertz CT molecular complexity index is 1110. The standard InChI is InChI=1S/C21H16Cl2N2O7/c1-2-31-13-5-3-12(4-6-13)25-20(29)14(19(28)24-21(25)30)7-11-8-15(22)18(16(23)9-11)32-10-17(26)27/h3-9H,2,10H2,1H3,(H,26,27)(H,24,28,30)/b14-7+. The van der Waals surface area contributed by atoms with Crippen molar-refractivity contribution < 1.29 is 33.8 Å². The van der Waals surface area contributed by atoms with Gasteiger partial charge in [0.25, 0.3) is 11.8 Å². The highest BCUT2D eigenvalue weighted by Gasteiger charge is 2.36. The van der Waals surface area contributed by atoms with Gasteiger partial charge in [-0.1, -0.05) is 23.2 Å². The highest BCUT2D eigenvalue weighted by atomic mass is 35.5. The Morgan fingerprint density at radius 3 is 2.28 bits per heavy atom. The summed E-state index contributed by atoms with van der Waals surface area (Å²) in [4.78, 5) is 49.1. The van der Waals surface area contributed by atoms with Crippen LogP contribution in [0.4, 0.5) is 10.5 Å². The molecule has 0 atom stereocenters. The lowest BCUT2D eigenvalue weighted by Gasteiger charge is -2.26. The number of carbonyl (C=O) groups is 4. The molecule has 0 aliphatic carbocycles. The molecule has 2 N–H and O–H groups in total. The van der Waals surface area contributed by atoms with Crippen LogP contribution < -0.4 is 19.7 Å². The van der Waals surface area contributed by atoms with Crippen molar-refractivity contribution in [2.24, 2.45) is 0 Å². The average Bonchev–Trinajstić information content (AvgIpc) is 2.71. The lowest BCUT2D eigenvalue weighted by Crippen LogP contribution is -2.54. The van der Waals surface area contributed by atoms with Gasteiger partial charge in [0.05, 0.1) is 22.3 Å². The number of nitrogens with one attached hydrogen (secondary N) is 1. The van der Waals surface area contributed by atoms with Gasteiger partial charge in [0.15, 0.2) is 12.4 Å². The second-order valence-electron chi connectivity index (χ2n) is 6.38. The van der Waals surface area contributed by atoms with Crippen LogP contribution in [0.2, 0.25) is 10.0 Å². The minimum absolute atomic E-state index is 0.0197. The third kappa shape index (κ3) is 5.01. The number of carbonyl (C=O) groups excluding carboxylic acids is 3. The van der Waals surface area contributed by atoms with E-state index in [9.17, 15) is 19.2 Å². The number of benzene rings is 2. The number of amides is 4. The Morgan fingerprint density at radius 1 is 1.09 bits per heavy atom. The summed E-state index contributed by atoms with van der Waals surface area (Å²) in [7, 11) is 0. The molecule has 0 saturated carbocycles.